The van der Waals surface area contributed by atoms with E-state index in [2.05, 4.69) is 15.2 Å². The number of nitro benzene ring substituents is 1. The Bertz CT molecular complexity index is 943. The number of thioether (sulfide) groups is 1. The molecule has 140 valence electrons. The third-order valence-electron chi connectivity index (χ3n) is 3.47. The van der Waals surface area contributed by atoms with Crippen molar-refractivity contribution >= 4 is 17.4 Å². The highest BCUT2D eigenvalue weighted by Crippen LogP contribution is 2.35. The molecule has 7 nitrogen and oxygen atoms in total. The van der Waals surface area contributed by atoms with Crippen LogP contribution in [0.3, 0.4) is 0 Å². The molecule has 3 aromatic rings. The summed E-state index contributed by atoms with van der Waals surface area (Å²) < 4.78 is 43.2. The topological polar surface area (TPSA) is 95.0 Å². The molecular weight excluding hydrogens is 385 g/mol. The molecule has 0 bridgehead atoms. The van der Waals surface area contributed by atoms with E-state index in [9.17, 15) is 23.3 Å². The number of aromatic nitrogens is 3. The van der Waals surface area contributed by atoms with Gasteiger partial charge in [0.25, 0.3) is 5.69 Å². The number of hydrogen-bond acceptors (Lipinski definition) is 7. The van der Waals surface area contributed by atoms with Gasteiger partial charge in [-0.15, -0.1) is 10.2 Å². The van der Waals surface area contributed by atoms with E-state index in [0.717, 1.165) is 12.3 Å². The van der Waals surface area contributed by atoms with Crippen LogP contribution < -0.4 is 0 Å². The predicted octanol–water partition coefficient (Wildman–Crippen LogP) is 4.91. The molecule has 0 aliphatic carbocycles. The minimum absolute atomic E-state index is 0.0595. The van der Waals surface area contributed by atoms with Gasteiger partial charge in [-0.2, -0.15) is 13.2 Å². The maximum absolute atomic E-state index is 12.6. The molecule has 2 heterocycles. The van der Waals surface area contributed by atoms with Gasteiger partial charge < -0.3 is 4.42 Å². The molecule has 27 heavy (non-hydrogen) atoms. The van der Waals surface area contributed by atoms with Gasteiger partial charge in [0.2, 0.25) is 11.8 Å². The standard InChI is InChI=1S/C16H11F3N4O3S/c1-9(27-13-7-4-11(8-20-13)16(17,18)19)14-21-22-15(26-14)10-2-5-12(6-3-10)23(24)25/h2-9H,1H3/t9-/m0/s1. The lowest BCUT2D eigenvalue weighted by atomic mass is 10.2. The summed E-state index contributed by atoms with van der Waals surface area (Å²) in [6, 6.07) is 7.86. The van der Waals surface area contributed by atoms with E-state index in [0.29, 0.717) is 10.6 Å². The van der Waals surface area contributed by atoms with Gasteiger partial charge in [0.15, 0.2) is 0 Å². The third kappa shape index (κ3) is 4.42. The predicted molar refractivity (Wildman–Crippen MR) is 89.9 cm³/mol. The van der Waals surface area contributed by atoms with Crippen LogP contribution in [0, 0.1) is 10.1 Å². The summed E-state index contributed by atoms with van der Waals surface area (Å²) in [4.78, 5) is 14.0. The molecule has 0 saturated carbocycles. The summed E-state index contributed by atoms with van der Waals surface area (Å²) >= 11 is 1.17. The molecule has 0 spiro atoms. The maximum atomic E-state index is 12.6. The lowest BCUT2D eigenvalue weighted by molar-refractivity contribution is -0.384. The largest absolute Gasteiger partial charge is 0.419 e. The number of non-ortho nitro benzene ring substituents is 1. The summed E-state index contributed by atoms with van der Waals surface area (Å²) in [6.07, 6.45) is -3.67. The maximum Gasteiger partial charge on any atom is 0.417 e. The summed E-state index contributed by atoms with van der Waals surface area (Å²) in [7, 11) is 0. The quantitative estimate of drug-likeness (QED) is 0.343. The molecule has 0 aliphatic heterocycles. The molecule has 0 radical (unpaired) electrons. The molecule has 2 aromatic heterocycles. The first-order valence-electron chi connectivity index (χ1n) is 7.52. The molecule has 0 N–H and O–H groups in total. The minimum atomic E-state index is -4.44. The first-order valence-corrected chi connectivity index (χ1v) is 8.40. The van der Waals surface area contributed by atoms with Gasteiger partial charge in [0, 0.05) is 23.9 Å². The Morgan fingerprint density at radius 1 is 1.15 bits per heavy atom. The van der Waals surface area contributed by atoms with E-state index >= 15 is 0 Å². The average Bonchev–Trinajstić information content (AvgIpc) is 3.12. The molecule has 0 saturated heterocycles. The monoisotopic (exact) mass is 396 g/mol. The van der Waals surface area contributed by atoms with Crippen LogP contribution in [-0.2, 0) is 6.18 Å². The Kier molecular flexibility index (Phi) is 5.13. The summed E-state index contributed by atoms with van der Waals surface area (Å²) in [6.45, 7) is 1.75. The zero-order chi connectivity index (χ0) is 19.6. The molecule has 0 aliphatic rings. The van der Waals surface area contributed by atoms with Gasteiger partial charge in [-0.3, -0.25) is 10.1 Å². The van der Waals surface area contributed by atoms with Crippen molar-refractivity contribution in [3.8, 4) is 11.5 Å². The molecule has 1 atom stereocenters. The average molecular weight is 396 g/mol. The summed E-state index contributed by atoms with van der Waals surface area (Å²) in [5.41, 5.74) is -0.363. The van der Waals surface area contributed by atoms with E-state index in [1.807, 2.05) is 0 Å². The van der Waals surface area contributed by atoms with Gasteiger partial charge in [0.05, 0.1) is 20.8 Å². The van der Waals surface area contributed by atoms with Crippen molar-refractivity contribution in [2.45, 2.75) is 23.4 Å². The van der Waals surface area contributed by atoms with Crippen LogP contribution in [0.1, 0.15) is 23.6 Å². The fourth-order valence-electron chi connectivity index (χ4n) is 2.09. The number of benzene rings is 1. The molecular formula is C16H11F3N4O3S. The number of halogens is 3. The van der Waals surface area contributed by atoms with Crippen molar-refractivity contribution in [3.63, 3.8) is 0 Å². The van der Waals surface area contributed by atoms with Crippen LogP contribution >= 0.6 is 11.8 Å². The Labute approximate surface area is 154 Å². The Balaban J connectivity index is 1.71. The van der Waals surface area contributed by atoms with Crippen LogP contribution in [-0.4, -0.2) is 20.1 Å². The highest BCUT2D eigenvalue weighted by atomic mass is 32.2. The molecule has 3 rings (SSSR count). The third-order valence-corrected chi connectivity index (χ3v) is 4.51. The fraction of sp³-hybridized carbons (Fsp3) is 0.188. The summed E-state index contributed by atoms with van der Waals surface area (Å²) in [5, 5.41) is 18.5. The fourth-order valence-corrected chi connectivity index (χ4v) is 2.91. The van der Waals surface area contributed by atoms with Crippen LogP contribution in [0.15, 0.2) is 52.0 Å². The number of hydrogen-bond donors (Lipinski definition) is 0. The zero-order valence-corrected chi connectivity index (χ0v) is 14.5. The van der Waals surface area contributed by atoms with Crippen molar-refractivity contribution in [1.82, 2.24) is 15.2 Å². The van der Waals surface area contributed by atoms with Crippen LogP contribution in [0.4, 0.5) is 18.9 Å². The minimum Gasteiger partial charge on any atom is -0.419 e. The van der Waals surface area contributed by atoms with Crippen LogP contribution in [0.5, 0.6) is 0 Å². The normalized spacial score (nSPS) is 12.7. The van der Waals surface area contributed by atoms with E-state index in [1.165, 1.54) is 42.1 Å². The highest BCUT2D eigenvalue weighted by molar-refractivity contribution is 7.99. The smallest absolute Gasteiger partial charge is 0.417 e. The van der Waals surface area contributed by atoms with Gasteiger partial charge in [-0.25, -0.2) is 4.98 Å². The Morgan fingerprint density at radius 3 is 2.41 bits per heavy atom. The molecule has 11 heteroatoms. The Morgan fingerprint density at radius 2 is 1.85 bits per heavy atom. The van der Waals surface area contributed by atoms with Gasteiger partial charge in [-0.1, -0.05) is 11.8 Å². The first-order chi connectivity index (χ1) is 12.7. The number of nitrogens with zero attached hydrogens (tertiary/aromatic N) is 4. The first kappa shape index (κ1) is 18.8. The van der Waals surface area contributed by atoms with Gasteiger partial charge >= 0.3 is 6.18 Å². The van der Waals surface area contributed by atoms with E-state index in [-0.39, 0.29) is 22.7 Å². The Hall–Kier alpha value is -2.95. The van der Waals surface area contributed by atoms with Crippen LogP contribution in [0.2, 0.25) is 0 Å². The number of pyridine rings is 1. The lowest BCUT2D eigenvalue weighted by Gasteiger charge is -2.08. The number of alkyl halides is 3. The van der Waals surface area contributed by atoms with Crippen molar-refractivity contribution < 1.29 is 22.5 Å². The van der Waals surface area contributed by atoms with Crippen molar-refractivity contribution in [1.29, 1.82) is 0 Å². The second-order valence-corrected chi connectivity index (χ2v) is 6.75. The van der Waals surface area contributed by atoms with Crippen molar-refractivity contribution in [3.05, 3.63) is 64.2 Å². The molecule has 0 amide bonds. The second-order valence-electron chi connectivity index (χ2n) is 5.39. The second kappa shape index (κ2) is 7.35. The summed E-state index contributed by atoms with van der Waals surface area (Å²) in [5.74, 6) is 0.447. The van der Waals surface area contributed by atoms with E-state index in [4.69, 9.17) is 4.42 Å². The highest BCUT2D eigenvalue weighted by Gasteiger charge is 2.30. The number of rotatable bonds is 5. The van der Waals surface area contributed by atoms with Crippen molar-refractivity contribution in [2.75, 3.05) is 0 Å². The lowest BCUT2D eigenvalue weighted by Crippen LogP contribution is -2.05. The SMILES string of the molecule is C[C@H](Sc1ccc(C(F)(F)F)cn1)c1nnc(-c2ccc([N+](=O)[O-])cc2)o1. The van der Waals surface area contributed by atoms with E-state index in [1.54, 1.807) is 6.92 Å². The molecule has 1 aromatic carbocycles. The molecule has 0 fully saturated rings. The number of nitro groups is 1. The zero-order valence-electron chi connectivity index (χ0n) is 13.7. The van der Waals surface area contributed by atoms with Gasteiger partial charge in [0.1, 0.15) is 0 Å². The van der Waals surface area contributed by atoms with Crippen LogP contribution in [0.25, 0.3) is 11.5 Å². The van der Waals surface area contributed by atoms with Crippen molar-refractivity contribution in [2.24, 2.45) is 0 Å². The van der Waals surface area contributed by atoms with E-state index < -0.39 is 16.7 Å². The molecule has 0 unspecified atom stereocenters. The van der Waals surface area contributed by atoms with Gasteiger partial charge in [-0.05, 0) is 31.2 Å².